The van der Waals surface area contributed by atoms with Gasteiger partial charge in [0.25, 0.3) is 0 Å². The molecule has 0 spiro atoms. The van der Waals surface area contributed by atoms with Gasteiger partial charge in [0.1, 0.15) is 24.0 Å². The van der Waals surface area contributed by atoms with Gasteiger partial charge in [0.05, 0.1) is 5.02 Å². The highest BCUT2D eigenvalue weighted by Crippen LogP contribution is 2.28. The number of hydrogen-bond acceptors (Lipinski definition) is 2. The van der Waals surface area contributed by atoms with Gasteiger partial charge in [-0.25, -0.2) is 4.39 Å². The first-order valence-electron chi connectivity index (χ1n) is 5.68. The smallest absolute Gasteiger partial charge is 0.138 e. The Labute approximate surface area is 125 Å². The molecule has 2 rings (SSSR count). The van der Waals surface area contributed by atoms with Gasteiger partial charge in [0.15, 0.2) is 0 Å². The van der Waals surface area contributed by atoms with E-state index in [1.807, 2.05) is 0 Å². The van der Waals surface area contributed by atoms with Gasteiger partial charge in [0, 0.05) is 16.1 Å². The molecule has 0 unspecified atom stereocenters. The van der Waals surface area contributed by atoms with Gasteiger partial charge in [-0.1, -0.05) is 29.3 Å². The van der Waals surface area contributed by atoms with Crippen LogP contribution in [0.3, 0.4) is 0 Å². The summed E-state index contributed by atoms with van der Waals surface area (Å²) in [5.74, 6) is -0.219. The molecule has 0 amide bonds. The first kappa shape index (κ1) is 14.6. The molecule has 0 aliphatic heterocycles. The van der Waals surface area contributed by atoms with Crippen molar-refractivity contribution >= 4 is 29.0 Å². The molecule has 0 heterocycles. The Hall–Kier alpha value is -1.78. The van der Waals surface area contributed by atoms with Gasteiger partial charge in [-0.2, -0.15) is 0 Å². The Morgan fingerprint density at radius 1 is 1.20 bits per heavy atom. The molecular weight excluding hydrogens is 302 g/mol. The molecule has 2 aromatic rings. The largest absolute Gasteiger partial charge is 0.487 e. The van der Waals surface area contributed by atoms with Gasteiger partial charge in [0.2, 0.25) is 0 Å². The van der Waals surface area contributed by atoms with Crippen molar-refractivity contribution < 1.29 is 9.13 Å². The first-order chi connectivity index (χ1) is 9.47. The van der Waals surface area contributed by atoms with Crippen LogP contribution in [0.2, 0.25) is 10.0 Å². The Bertz CT molecular complexity index is 662. The fourth-order valence-electron chi connectivity index (χ4n) is 1.67. The summed E-state index contributed by atoms with van der Waals surface area (Å²) < 4.78 is 18.7. The van der Waals surface area contributed by atoms with Crippen molar-refractivity contribution in [3.05, 3.63) is 63.4 Å². The SMILES string of the molecule is N=C(N)c1cc(F)ccc1COc1ccc(Cl)cc1Cl. The molecule has 0 saturated heterocycles. The highest BCUT2D eigenvalue weighted by molar-refractivity contribution is 6.35. The molecule has 0 saturated carbocycles. The molecule has 0 aliphatic rings. The Kier molecular flexibility index (Phi) is 4.47. The number of ether oxygens (including phenoxy) is 1. The maximum Gasteiger partial charge on any atom is 0.138 e. The molecule has 0 fully saturated rings. The van der Waals surface area contributed by atoms with Crippen LogP contribution in [0.25, 0.3) is 0 Å². The molecule has 0 bridgehead atoms. The van der Waals surface area contributed by atoms with Crippen LogP contribution in [0.1, 0.15) is 11.1 Å². The second kappa shape index (κ2) is 6.11. The third kappa shape index (κ3) is 3.40. The summed E-state index contributed by atoms with van der Waals surface area (Å²) in [5, 5.41) is 8.32. The number of amidine groups is 1. The average Bonchev–Trinajstić information content (AvgIpc) is 2.38. The van der Waals surface area contributed by atoms with Crippen LogP contribution >= 0.6 is 23.2 Å². The van der Waals surface area contributed by atoms with Crippen LogP contribution < -0.4 is 10.5 Å². The minimum absolute atomic E-state index is 0.122. The number of benzene rings is 2. The van der Waals surface area contributed by atoms with Crippen LogP contribution in [0.4, 0.5) is 4.39 Å². The third-order valence-corrected chi connectivity index (χ3v) is 3.17. The van der Waals surface area contributed by atoms with Crippen molar-refractivity contribution in [2.24, 2.45) is 5.73 Å². The third-order valence-electron chi connectivity index (χ3n) is 2.64. The van der Waals surface area contributed by atoms with E-state index >= 15 is 0 Å². The van der Waals surface area contributed by atoms with Crippen LogP contribution in [-0.2, 0) is 6.61 Å². The number of nitrogen functional groups attached to an aromatic ring is 1. The first-order valence-corrected chi connectivity index (χ1v) is 6.43. The summed E-state index contributed by atoms with van der Waals surface area (Å²) in [7, 11) is 0. The molecular formula is C14H11Cl2FN2O. The lowest BCUT2D eigenvalue weighted by molar-refractivity contribution is 0.306. The lowest BCUT2D eigenvalue weighted by Gasteiger charge is -2.11. The van der Waals surface area contributed by atoms with Crippen molar-refractivity contribution in [3.8, 4) is 5.75 Å². The predicted octanol–water partition coefficient (Wildman–Crippen LogP) is 4.00. The van der Waals surface area contributed by atoms with Gasteiger partial charge in [-0.3, -0.25) is 5.41 Å². The molecule has 0 atom stereocenters. The second-order valence-electron chi connectivity index (χ2n) is 4.08. The van der Waals surface area contributed by atoms with Crippen molar-refractivity contribution in [3.63, 3.8) is 0 Å². The number of rotatable bonds is 4. The van der Waals surface area contributed by atoms with E-state index < -0.39 is 5.82 Å². The molecule has 3 N–H and O–H groups in total. The Morgan fingerprint density at radius 3 is 2.60 bits per heavy atom. The maximum atomic E-state index is 13.2. The molecule has 6 heteroatoms. The maximum absolute atomic E-state index is 13.2. The van der Waals surface area contributed by atoms with E-state index in [-0.39, 0.29) is 12.4 Å². The van der Waals surface area contributed by atoms with E-state index in [4.69, 9.17) is 39.1 Å². The summed E-state index contributed by atoms with van der Waals surface area (Å²) in [6.45, 7) is 0.122. The Balaban J connectivity index is 2.20. The molecule has 3 nitrogen and oxygen atoms in total. The van der Waals surface area contributed by atoms with E-state index in [9.17, 15) is 4.39 Å². The highest BCUT2D eigenvalue weighted by atomic mass is 35.5. The van der Waals surface area contributed by atoms with Gasteiger partial charge >= 0.3 is 0 Å². The monoisotopic (exact) mass is 312 g/mol. The van der Waals surface area contributed by atoms with E-state index in [0.717, 1.165) is 0 Å². The van der Waals surface area contributed by atoms with E-state index in [0.29, 0.717) is 26.9 Å². The van der Waals surface area contributed by atoms with Gasteiger partial charge in [-0.15, -0.1) is 0 Å². The fourth-order valence-corrected chi connectivity index (χ4v) is 2.14. The number of nitrogens with one attached hydrogen (secondary N) is 1. The molecule has 0 aliphatic carbocycles. The van der Waals surface area contributed by atoms with Gasteiger partial charge in [-0.05, 0) is 30.3 Å². The zero-order chi connectivity index (χ0) is 14.7. The Morgan fingerprint density at radius 2 is 1.95 bits per heavy atom. The summed E-state index contributed by atoms with van der Waals surface area (Å²) in [6.07, 6.45) is 0. The van der Waals surface area contributed by atoms with E-state index in [2.05, 4.69) is 0 Å². The summed E-state index contributed by atoms with van der Waals surface area (Å²) in [4.78, 5) is 0. The van der Waals surface area contributed by atoms with Gasteiger partial charge < -0.3 is 10.5 Å². The fraction of sp³-hybridized carbons (Fsp3) is 0.0714. The standard InChI is InChI=1S/C14H11Cl2FN2O/c15-9-2-4-13(12(16)5-9)20-7-8-1-3-10(17)6-11(8)14(18)19/h1-6H,7H2,(H3,18,19). The number of halogens is 3. The van der Waals surface area contributed by atoms with Crippen molar-refractivity contribution in [2.75, 3.05) is 0 Å². The normalized spacial score (nSPS) is 10.3. The quantitative estimate of drug-likeness (QED) is 0.662. The predicted molar refractivity (Wildman–Crippen MR) is 78.2 cm³/mol. The van der Waals surface area contributed by atoms with Crippen LogP contribution in [0, 0.1) is 11.2 Å². The minimum atomic E-state index is -0.455. The van der Waals surface area contributed by atoms with E-state index in [1.54, 1.807) is 18.2 Å². The molecule has 0 aromatic heterocycles. The van der Waals surface area contributed by atoms with Crippen molar-refractivity contribution in [1.82, 2.24) is 0 Å². The molecule has 0 radical (unpaired) electrons. The summed E-state index contributed by atoms with van der Waals surface area (Å²) in [5.41, 5.74) is 6.32. The molecule has 20 heavy (non-hydrogen) atoms. The molecule has 2 aromatic carbocycles. The van der Waals surface area contributed by atoms with Crippen molar-refractivity contribution in [1.29, 1.82) is 5.41 Å². The lowest BCUT2D eigenvalue weighted by atomic mass is 10.1. The number of hydrogen-bond donors (Lipinski definition) is 2. The zero-order valence-electron chi connectivity index (χ0n) is 10.3. The number of nitrogens with two attached hydrogens (primary N) is 1. The topological polar surface area (TPSA) is 59.1 Å². The lowest BCUT2D eigenvalue weighted by Crippen LogP contribution is -2.15. The van der Waals surface area contributed by atoms with Crippen LogP contribution in [-0.4, -0.2) is 5.84 Å². The van der Waals surface area contributed by atoms with Crippen LogP contribution in [0.5, 0.6) is 5.75 Å². The highest BCUT2D eigenvalue weighted by Gasteiger charge is 2.09. The van der Waals surface area contributed by atoms with Crippen molar-refractivity contribution in [2.45, 2.75) is 6.61 Å². The minimum Gasteiger partial charge on any atom is -0.487 e. The zero-order valence-corrected chi connectivity index (χ0v) is 11.8. The second-order valence-corrected chi connectivity index (χ2v) is 4.92. The summed E-state index contributed by atoms with van der Waals surface area (Å²) in [6, 6.07) is 8.87. The molecule has 104 valence electrons. The average molecular weight is 313 g/mol. The van der Waals surface area contributed by atoms with E-state index in [1.165, 1.54) is 18.2 Å². The van der Waals surface area contributed by atoms with Crippen LogP contribution in [0.15, 0.2) is 36.4 Å². The summed E-state index contributed by atoms with van der Waals surface area (Å²) >= 11 is 11.8.